The summed E-state index contributed by atoms with van der Waals surface area (Å²) in [5, 5.41) is 2.97. The van der Waals surface area contributed by atoms with Crippen molar-refractivity contribution in [2.75, 3.05) is 20.2 Å². The van der Waals surface area contributed by atoms with Gasteiger partial charge in [0.2, 0.25) is 11.8 Å². The minimum absolute atomic E-state index is 0.0178. The van der Waals surface area contributed by atoms with Crippen LogP contribution in [0.3, 0.4) is 0 Å². The van der Waals surface area contributed by atoms with Gasteiger partial charge in [-0.25, -0.2) is 0 Å². The molecule has 2 aromatic rings. The van der Waals surface area contributed by atoms with E-state index in [0.29, 0.717) is 13.1 Å². The molecule has 2 aromatic carbocycles. The van der Waals surface area contributed by atoms with Crippen LogP contribution in [0.1, 0.15) is 30.5 Å². The summed E-state index contributed by atoms with van der Waals surface area (Å²) in [4.78, 5) is 26.7. The number of carbonyl (C=O) groups excluding carboxylic acids is 2. The molecule has 1 aliphatic heterocycles. The molecule has 1 aliphatic rings. The molecule has 5 nitrogen and oxygen atoms in total. The number of hydrogen-bond acceptors (Lipinski definition) is 3. The van der Waals surface area contributed by atoms with Crippen LogP contribution in [-0.2, 0) is 16.0 Å². The van der Waals surface area contributed by atoms with E-state index >= 15 is 0 Å². The number of hydrogen-bond donors (Lipinski definition) is 1. The molecular weight excluding hydrogens is 340 g/mol. The lowest BCUT2D eigenvalue weighted by Crippen LogP contribution is -2.34. The average Bonchev–Trinajstić information content (AvgIpc) is 3.10. The molecule has 1 heterocycles. The molecule has 27 heavy (non-hydrogen) atoms. The molecule has 0 aromatic heterocycles. The molecule has 5 heteroatoms. The Morgan fingerprint density at radius 2 is 1.89 bits per heavy atom. The van der Waals surface area contributed by atoms with Gasteiger partial charge in [-0.2, -0.15) is 0 Å². The van der Waals surface area contributed by atoms with Crippen LogP contribution < -0.4 is 10.1 Å². The average molecular weight is 366 g/mol. The largest absolute Gasteiger partial charge is 0.497 e. The number of benzene rings is 2. The molecule has 0 saturated carbocycles. The van der Waals surface area contributed by atoms with Gasteiger partial charge >= 0.3 is 0 Å². The van der Waals surface area contributed by atoms with Gasteiger partial charge in [-0.1, -0.05) is 42.5 Å². The van der Waals surface area contributed by atoms with E-state index in [0.717, 1.165) is 23.3 Å². The van der Waals surface area contributed by atoms with Crippen molar-refractivity contribution in [2.24, 2.45) is 5.92 Å². The van der Waals surface area contributed by atoms with E-state index in [1.807, 2.05) is 66.4 Å². The van der Waals surface area contributed by atoms with Crippen molar-refractivity contribution in [3.8, 4) is 5.75 Å². The molecule has 1 saturated heterocycles. The summed E-state index contributed by atoms with van der Waals surface area (Å²) in [6.07, 6.45) is 1.03. The first-order chi connectivity index (χ1) is 13.1. The number of nitrogens with one attached hydrogen (secondary N) is 1. The minimum Gasteiger partial charge on any atom is -0.497 e. The van der Waals surface area contributed by atoms with Gasteiger partial charge < -0.3 is 15.0 Å². The lowest BCUT2D eigenvalue weighted by atomic mass is 10.1. The molecule has 0 unspecified atom stereocenters. The van der Waals surface area contributed by atoms with Crippen LogP contribution in [0.5, 0.6) is 5.75 Å². The summed E-state index contributed by atoms with van der Waals surface area (Å²) in [5.41, 5.74) is 2.23. The fourth-order valence-corrected chi connectivity index (χ4v) is 3.46. The van der Waals surface area contributed by atoms with Gasteiger partial charge in [0.05, 0.1) is 19.1 Å². The number of methoxy groups -OCH3 is 1. The van der Waals surface area contributed by atoms with Crippen LogP contribution >= 0.6 is 0 Å². The van der Waals surface area contributed by atoms with E-state index in [-0.39, 0.29) is 30.2 Å². The molecule has 0 aliphatic carbocycles. The number of nitrogens with zero attached hydrogens (tertiary/aromatic N) is 1. The van der Waals surface area contributed by atoms with Crippen LogP contribution in [0.15, 0.2) is 54.6 Å². The van der Waals surface area contributed by atoms with Crippen molar-refractivity contribution in [3.05, 3.63) is 65.7 Å². The predicted octanol–water partition coefficient (Wildman–Crippen LogP) is 2.96. The molecule has 0 spiro atoms. The van der Waals surface area contributed by atoms with E-state index < -0.39 is 0 Å². The van der Waals surface area contributed by atoms with Gasteiger partial charge in [-0.15, -0.1) is 0 Å². The van der Waals surface area contributed by atoms with Crippen molar-refractivity contribution in [1.82, 2.24) is 10.2 Å². The van der Waals surface area contributed by atoms with Crippen LogP contribution in [0.2, 0.25) is 0 Å². The Labute approximate surface area is 160 Å². The second-order valence-electron chi connectivity index (χ2n) is 6.92. The fourth-order valence-electron chi connectivity index (χ4n) is 3.46. The lowest BCUT2D eigenvalue weighted by molar-refractivity contribution is -0.130. The van der Waals surface area contributed by atoms with Crippen molar-refractivity contribution in [2.45, 2.75) is 25.8 Å². The molecule has 0 radical (unpaired) electrons. The Morgan fingerprint density at radius 3 is 2.56 bits per heavy atom. The van der Waals surface area contributed by atoms with Gasteiger partial charge in [0.1, 0.15) is 5.75 Å². The number of rotatable bonds is 7. The second kappa shape index (κ2) is 8.71. The quantitative estimate of drug-likeness (QED) is 0.820. The highest BCUT2D eigenvalue weighted by Crippen LogP contribution is 2.28. The Hall–Kier alpha value is -2.82. The zero-order valence-electron chi connectivity index (χ0n) is 15.9. The van der Waals surface area contributed by atoms with Crippen molar-refractivity contribution < 1.29 is 14.3 Å². The maximum absolute atomic E-state index is 12.5. The van der Waals surface area contributed by atoms with Gasteiger partial charge in [-0.3, -0.25) is 9.59 Å². The molecule has 1 N–H and O–H groups in total. The second-order valence-corrected chi connectivity index (χ2v) is 6.92. The van der Waals surface area contributed by atoms with Gasteiger partial charge in [0.15, 0.2) is 0 Å². The summed E-state index contributed by atoms with van der Waals surface area (Å²) in [6.45, 7) is 3.05. The van der Waals surface area contributed by atoms with Crippen LogP contribution in [0, 0.1) is 5.92 Å². The topological polar surface area (TPSA) is 58.6 Å². The summed E-state index contributed by atoms with van der Waals surface area (Å²) >= 11 is 0. The normalized spacial score (nSPS) is 17.6. The van der Waals surface area contributed by atoms with Crippen molar-refractivity contribution in [3.63, 3.8) is 0 Å². The Kier molecular flexibility index (Phi) is 6.12. The summed E-state index contributed by atoms with van der Waals surface area (Å²) in [5.74, 6) is 0.542. The Morgan fingerprint density at radius 1 is 1.19 bits per heavy atom. The highest BCUT2D eigenvalue weighted by molar-refractivity contribution is 5.89. The van der Waals surface area contributed by atoms with E-state index in [1.165, 1.54) is 0 Å². The summed E-state index contributed by atoms with van der Waals surface area (Å²) in [7, 11) is 1.64. The predicted molar refractivity (Wildman–Crippen MR) is 104 cm³/mol. The zero-order valence-corrected chi connectivity index (χ0v) is 15.9. The van der Waals surface area contributed by atoms with Gasteiger partial charge in [-0.05, 0) is 36.6 Å². The molecular formula is C22H26N2O3. The first kappa shape index (κ1) is 19.0. The van der Waals surface area contributed by atoms with Gasteiger partial charge in [0, 0.05) is 19.5 Å². The van der Waals surface area contributed by atoms with Crippen LogP contribution in [0.25, 0.3) is 0 Å². The third kappa shape index (κ3) is 4.67. The molecule has 3 rings (SSSR count). The van der Waals surface area contributed by atoms with E-state index in [2.05, 4.69) is 5.32 Å². The molecule has 1 fully saturated rings. The smallest absolute Gasteiger partial charge is 0.225 e. The first-order valence-electron chi connectivity index (χ1n) is 9.33. The standard InChI is InChI=1S/C22H26N2O3/c1-16(18-6-4-3-5-7-18)24-15-19(14-21(24)25)22(26)23-13-12-17-8-10-20(27-2)11-9-17/h3-11,16,19H,12-15H2,1-2H3,(H,23,26)/t16-,19+/m0/s1. The number of ether oxygens (including phenoxy) is 1. The monoisotopic (exact) mass is 366 g/mol. The summed E-state index contributed by atoms with van der Waals surface area (Å²) in [6, 6.07) is 17.7. The van der Waals surface area contributed by atoms with E-state index in [4.69, 9.17) is 4.74 Å². The zero-order chi connectivity index (χ0) is 19.2. The number of amides is 2. The third-order valence-electron chi connectivity index (χ3n) is 5.15. The highest BCUT2D eigenvalue weighted by atomic mass is 16.5. The number of likely N-dealkylation sites (tertiary alicyclic amines) is 1. The van der Waals surface area contributed by atoms with E-state index in [9.17, 15) is 9.59 Å². The molecule has 0 bridgehead atoms. The molecule has 142 valence electrons. The Balaban J connectivity index is 1.49. The molecule has 2 amide bonds. The maximum atomic E-state index is 12.5. The molecule has 2 atom stereocenters. The SMILES string of the molecule is COc1ccc(CCNC(=O)[C@@H]2CC(=O)N([C@@H](C)c3ccccc3)C2)cc1. The summed E-state index contributed by atoms with van der Waals surface area (Å²) < 4.78 is 5.14. The highest BCUT2D eigenvalue weighted by Gasteiger charge is 2.36. The number of carbonyl (C=O) groups is 2. The first-order valence-corrected chi connectivity index (χ1v) is 9.33. The van der Waals surface area contributed by atoms with Crippen LogP contribution in [-0.4, -0.2) is 36.9 Å². The fraction of sp³-hybridized carbons (Fsp3) is 0.364. The lowest BCUT2D eigenvalue weighted by Gasteiger charge is -2.25. The third-order valence-corrected chi connectivity index (χ3v) is 5.15. The van der Waals surface area contributed by atoms with Gasteiger partial charge in [0.25, 0.3) is 0 Å². The minimum atomic E-state index is -0.278. The van der Waals surface area contributed by atoms with Crippen molar-refractivity contribution in [1.29, 1.82) is 0 Å². The maximum Gasteiger partial charge on any atom is 0.225 e. The van der Waals surface area contributed by atoms with Crippen molar-refractivity contribution >= 4 is 11.8 Å². The van der Waals surface area contributed by atoms with Crippen LogP contribution in [0.4, 0.5) is 0 Å². The van der Waals surface area contributed by atoms with E-state index in [1.54, 1.807) is 7.11 Å². The Bertz CT molecular complexity index is 774.